The second-order valence-corrected chi connectivity index (χ2v) is 4.88. The number of rotatable bonds is 4. The molecule has 1 aromatic heterocycles. The normalized spacial score (nSPS) is 20.5. The van der Waals surface area contributed by atoms with E-state index in [0.29, 0.717) is 24.8 Å². The molecule has 2 heterocycles. The largest absolute Gasteiger partial charge is 0.347 e. The summed E-state index contributed by atoms with van der Waals surface area (Å²) in [6.07, 6.45) is 0.755. The Morgan fingerprint density at radius 3 is 3.00 bits per heavy atom. The number of amides is 1. The quantitative estimate of drug-likeness (QED) is 0.792. The third-order valence-electron chi connectivity index (χ3n) is 3.24. The first-order valence-corrected chi connectivity index (χ1v) is 6.59. The second-order valence-electron chi connectivity index (χ2n) is 4.88. The third-order valence-corrected chi connectivity index (χ3v) is 3.24. The van der Waals surface area contributed by atoms with Gasteiger partial charge in [-0.2, -0.15) is 4.98 Å². The van der Waals surface area contributed by atoms with Crippen LogP contribution in [0.5, 0.6) is 0 Å². The molecular formula is C12H21N5O2. The van der Waals surface area contributed by atoms with Gasteiger partial charge in [-0.3, -0.25) is 9.69 Å². The second kappa shape index (κ2) is 6.12. The number of hydrogen-bond donors (Lipinski definition) is 1. The Kier molecular flexibility index (Phi) is 4.49. The minimum absolute atomic E-state index is 0.0995. The monoisotopic (exact) mass is 267 g/mol. The summed E-state index contributed by atoms with van der Waals surface area (Å²) in [4.78, 5) is 20.1. The molecule has 1 atom stereocenters. The molecule has 1 fully saturated rings. The third kappa shape index (κ3) is 3.30. The molecule has 106 valence electrons. The number of carbonyl (C=O) groups excluding carboxylic acids is 1. The van der Waals surface area contributed by atoms with Crippen LogP contribution in [0.2, 0.25) is 0 Å². The highest BCUT2D eigenvalue weighted by molar-refractivity contribution is 5.81. The molecular weight excluding hydrogens is 246 g/mol. The molecule has 0 spiro atoms. The van der Waals surface area contributed by atoms with Crippen molar-refractivity contribution < 1.29 is 9.32 Å². The summed E-state index contributed by atoms with van der Waals surface area (Å²) >= 11 is 0. The Balaban J connectivity index is 2.05. The van der Waals surface area contributed by atoms with Gasteiger partial charge in [0.2, 0.25) is 11.8 Å². The van der Waals surface area contributed by atoms with Gasteiger partial charge in [0.15, 0.2) is 5.82 Å². The van der Waals surface area contributed by atoms with Gasteiger partial charge < -0.3 is 14.7 Å². The maximum absolute atomic E-state index is 12.1. The Morgan fingerprint density at radius 2 is 2.37 bits per heavy atom. The van der Waals surface area contributed by atoms with E-state index in [2.05, 4.69) is 20.4 Å². The van der Waals surface area contributed by atoms with Crippen LogP contribution in [0.15, 0.2) is 4.52 Å². The first kappa shape index (κ1) is 14.0. The molecule has 0 radical (unpaired) electrons. The lowest BCUT2D eigenvalue weighted by molar-refractivity contribution is -0.135. The number of nitrogens with zero attached hydrogens (tertiary/aromatic N) is 4. The molecule has 0 aromatic carbocycles. The Morgan fingerprint density at radius 1 is 1.58 bits per heavy atom. The SMILES string of the molecule is CCc1noc(CN2CCNCC2C(=O)N(C)C)n1. The number of aromatic nitrogens is 2. The average molecular weight is 267 g/mol. The van der Waals surface area contributed by atoms with E-state index < -0.39 is 0 Å². The minimum atomic E-state index is -0.166. The van der Waals surface area contributed by atoms with Crippen molar-refractivity contribution in [3.63, 3.8) is 0 Å². The van der Waals surface area contributed by atoms with Crippen molar-refractivity contribution >= 4 is 5.91 Å². The topological polar surface area (TPSA) is 74.5 Å². The van der Waals surface area contributed by atoms with Crippen LogP contribution in [0.4, 0.5) is 0 Å². The van der Waals surface area contributed by atoms with Crippen molar-refractivity contribution in [1.29, 1.82) is 0 Å². The molecule has 1 aromatic rings. The van der Waals surface area contributed by atoms with E-state index in [1.54, 1.807) is 19.0 Å². The van der Waals surface area contributed by atoms with Crippen LogP contribution in [-0.4, -0.2) is 65.6 Å². The standard InChI is InChI=1S/C12H21N5O2/c1-4-10-14-11(19-15-10)8-17-6-5-13-7-9(17)12(18)16(2)3/h9,13H,4-8H2,1-3H3. The summed E-state index contributed by atoms with van der Waals surface area (Å²) < 4.78 is 5.20. The number of nitrogens with one attached hydrogen (secondary N) is 1. The van der Waals surface area contributed by atoms with Gasteiger partial charge in [-0.25, -0.2) is 0 Å². The molecule has 1 aliphatic heterocycles. The molecule has 0 bridgehead atoms. The zero-order valence-corrected chi connectivity index (χ0v) is 11.7. The first-order chi connectivity index (χ1) is 9.11. The van der Waals surface area contributed by atoms with Crippen LogP contribution in [-0.2, 0) is 17.8 Å². The highest BCUT2D eigenvalue weighted by Gasteiger charge is 2.30. The average Bonchev–Trinajstić information content (AvgIpc) is 2.86. The molecule has 1 amide bonds. The van der Waals surface area contributed by atoms with Gasteiger partial charge in [-0.05, 0) is 0 Å². The molecule has 1 unspecified atom stereocenters. The van der Waals surface area contributed by atoms with Gasteiger partial charge in [0.1, 0.15) is 6.04 Å². The molecule has 1 aliphatic rings. The van der Waals surface area contributed by atoms with E-state index in [1.807, 2.05) is 6.92 Å². The van der Waals surface area contributed by atoms with Gasteiger partial charge >= 0.3 is 0 Å². The van der Waals surface area contributed by atoms with Gasteiger partial charge in [-0.1, -0.05) is 12.1 Å². The molecule has 1 N–H and O–H groups in total. The van der Waals surface area contributed by atoms with Gasteiger partial charge in [0, 0.05) is 40.2 Å². The van der Waals surface area contributed by atoms with Crippen molar-refractivity contribution in [2.45, 2.75) is 25.9 Å². The molecule has 1 saturated heterocycles. The fraction of sp³-hybridized carbons (Fsp3) is 0.750. The van der Waals surface area contributed by atoms with E-state index in [1.165, 1.54) is 0 Å². The van der Waals surface area contributed by atoms with E-state index >= 15 is 0 Å². The number of hydrogen-bond acceptors (Lipinski definition) is 6. The lowest BCUT2D eigenvalue weighted by Gasteiger charge is -2.35. The smallest absolute Gasteiger partial charge is 0.240 e. The summed E-state index contributed by atoms with van der Waals surface area (Å²) in [5.41, 5.74) is 0. The molecule has 7 heteroatoms. The van der Waals surface area contributed by atoms with Crippen molar-refractivity contribution in [2.75, 3.05) is 33.7 Å². The number of likely N-dealkylation sites (N-methyl/N-ethyl adjacent to an activating group) is 1. The van der Waals surface area contributed by atoms with Crippen LogP contribution in [0.3, 0.4) is 0 Å². The fourth-order valence-electron chi connectivity index (χ4n) is 2.15. The van der Waals surface area contributed by atoms with Crippen molar-refractivity contribution in [3.8, 4) is 0 Å². The summed E-state index contributed by atoms with van der Waals surface area (Å²) in [5.74, 6) is 1.39. The van der Waals surface area contributed by atoms with Gasteiger partial charge in [0.05, 0.1) is 6.54 Å². The van der Waals surface area contributed by atoms with E-state index in [-0.39, 0.29) is 11.9 Å². The van der Waals surface area contributed by atoms with Crippen molar-refractivity contribution in [3.05, 3.63) is 11.7 Å². The molecule has 0 aliphatic carbocycles. The Bertz CT molecular complexity index is 432. The van der Waals surface area contributed by atoms with E-state index in [4.69, 9.17) is 4.52 Å². The van der Waals surface area contributed by atoms with E-state index in [0.717, 1.165) is 19.5 Å². The van der Waals surface area contributed by atoms with Crippen LogP contribution in [0.25, 0.3) is 0 Å². The highest BCUT2D eigenvalue weighted by atomic mass is 16.5. The number of aryl methyl sites for hydroxylation is 1. The van der Waals surface area contributed by atoms with Crippen molar-refractivity contribution in [2.24, 2.45) is 0 Å². The Hall–Kier alpha value is -1.47. The summed E-state index contributed by atoms with van der Waals surface area (Å²) in [6, 6.07) is -0.166. The predicted octanol–water partition coefficient (Wildman–Crippen LogP) is -0.506. The molecule has 7 nitrogen and oxygen atoms in total. The summed E-state index contributed by atoms with van der Waals surface area (Å²) in [5, 5.41) is 7.13. The van der Waals surface area contributed by atoms with Gasteiger partial charge in [0.25, 0.3) is 0 Å². The van der Waals surface area contributed by atoms with E-state index in [9.17, 15) is 4.79 Å². The zero-order chi connectivity index (χ0) is 13.8. The zero-order valence-electron chi connectivity index (χ0n) is 11.7. The molecule has 0 saturated carbocycles. The molecule has 19 heavy (non-hydrogen) atoms. The maximum Gasteiger partial charge on any atom is 0.240 e. The lowest BCUT2D eigenvalue weighted by Crippen LogP contribution is -2.57. The van der Waals surface area contributed by atoms with Gasteiger partial charge in [-0.15, -0.1) is 0 Å². The lowest BCUT2D eigenvalue weighted by atomic mass is 10.1. The minimum Gasteiger partial charge on any atom is -0.347 e. The van der Waals surface area contributed by atoms with Crippen LogP contribution in [0, 0.1) is 0 Å². The number of piperazine rings is 1. The first-order valence-electron chi connectivity index (χ1n) is 6.59. The number of carbonyl (C=O) groups is 1. The summed E-state index contributed by atoms with van der Waals surface area (Å²) in [6.45, 7) is 4.84. The van der Waals surface area contributed by atoms with Crippen molar-refractivity contribution in [1.82, 2.24) is 25.3 Å². The summed E-state index contributed by atoms with van der Waals surface area (Å²) in [7, 11) is 3.55. The maximum atomic E-state index is 12.1. The fourth-order valence-corrected chi connectivity index (χ4v) is 2.15. The van der Waals surface area contributed by atoms with Crippen LogP contribution in [0.1, 0.15) is 18.6 Å². The Labute approximate surface area is 112 Å². The molecule has 2 rings (SSSR count). The highest BCUT2D eigenvalue weighted by Crippen LogP contribution is 2.11. The van der Waals surface area contributed by atoms with Crippen LogP contribution < -0.4 is 5.32 Å². The van der Waals surface area contributed by atoms with Crippen LogP contribution >= 0.6 is 0 Å². The predicted molar refractivity (Wildman–Crippen MR) is 69.4 cm³/mol.